The largest absolute Gasteiger partial charge is 0.382 e. The van der Waals surface area contributed by atoms with E-state index >= 15 is 0 Å². The highest BCUT2D eigenvalue weighted by Crippen LogP contribution is 2.28. The molecule has 2 N–H and O–H groups in total. The van der Waals surface area contributed by atoms with Crippen LogP contribution in [0.25, 0.3) is 11.0 Å². The number of aryl methyl sites for hydroxylation is 2. The molecule has 2 aromatic heterocycles. The van der Waals surface area contributed by atoms with E-state index in [1.807, 2.05) is 24.9 Å². The van der Waals surface area contributed by atoms with Crippen LogP contribution in [-0.2, 0) is 11.3 Å². The number of aromatic nitrogens is 3. The molecule has 6 heteroatoms. The minimum atomic E-state index is -0.0612. The van der Waals surface area contributed by atoms with Crippen LogP contribution in [0.2, 0.25) is 0 Å². The summed E-state index contributed by atoms with van der Waals surface area (Å²) in [6.07, 6.45) is 5.44. The van der Waals surface area contributed by atoms with Gasteiger partial charge in [0.2, 0.25) is 0 Å². The van der Waals surface area contributed by atoms with Crippen LogP contribution in [0, 0.1) is 6.92 Å². The van der Waals surface area contributed by atoms with E-state index in [9.17, 15) is 0 Å². The van der Waals surface area contributed by atoms with Crippen molar-refractivity contribution in [2.75, 3.05) is 24.3 Å². The minimum Gasteiger partial charge on any atom is -0.382 e. The smallest absolute Gasteiger partial charge is 0.151 e. The number of methoxy groups -OCH3 is 1. The molecule has 5 nitrogen and oxygen atoms in total. The highest BCUT2D eigenvalue weighted by molar-refractivity contribution is 7.99. The summed E-state index contributed by atoms with van der Waals surface area (Å²) in [5.74, 6) is 3.84. The van der Waals surface area contributed by atoms with Crippen LogP contribution in [0.5, 0.6) is 0 Å². The molecule has 0 aliphatic heterocycles. The lowest BCUT2D eigenvalue weighted by Crippen LogP contribution is -2.10. The van der Waals surface area contributed by atoms with E-state index in [4.69, 9.17) is 15.5 Å². The number of rotatable bonds is 9. The fourth-order valence-electron chi connectivity index (χ4n) is 2.65. The molecule has 0 aliphatic carbocycles. The molecule has 0 bridgehead atoms. The highest BCUT2D eigenvalue weighted by Gasteiger charge is 2.19. The monoisotopic (exact) mass is 336 g/mol. The third-order valence-corrected chi connectivity index (χ3v) is 5.20. The highest BCUT2D eigenvalue weighted by atomic mass is 32.2. The molecule has 2 rings (SSSR count). The first kappa shape index (κ1) is 18.1. The maximum atomic E-state index is 6.03. The summed E-state index contributed by atoms with van der Waals surface area (Å²) in [5, 5.41) is 0. The van der Waals surface area contributed by atoms with Gasteiger partial charge in [-0.1, -0.05) is 13.3 Å². The lowest BCUT2D eigenvalue weighted by Gasteiger charge is -2.14. The quantitative estimate of drug-likeness (QED) is 0.702. The van der Waals surface area contributed by atoms with Crippen molar-refractivity contribution < 1.29 is 4.74 Å². The zero-order valence-corrected chi connectivity index (χ0v) is 15.4. The topological polar surface area (TPSA) is 66.0 Å². The van der Waals surface area contributed by atoms with Crippen molar-refractivity contribution in [3.8, 4) is 0 Å². The fraction of sp³-hybridized carbons (Fsp3) is 0.647. The van der Waals surface area contributed by atoms with Crippen LogP contribution >= 0.6 is 11.8 Å². The van der Waals surface area contributed by atoms with Gasteiger partial charge in [0.1, 0.15) is 17.4 Å². The number of nitrogens with zero attached hydrogens (tertiary/aromatic N) is 3. The molecule has 2 heterocycles. The Kier molecular flexibility index (Phi) is 6.72. The second-order valence-corrected chi connectivity index (χ2v) is 7.07. The van der Waals surface area contributed by atoms with Gasteiger partial charge in [-0.2, -0.15) is 11.8 Å². The Morgan fingerprint density at radius 1 is 1.35 bits per heavy atom. The maximum absolute atomic E-state index is 6.03. The molecule has 0 amide bonds. The third-order valence-electron chi connectivity index (χ3n) is 4.04. The summed E-state index contributed by atoms with van der Waals surface area (Å²) >= 11 is 2.03. The van der Waals surface area contributed by atoms with E-state index in [-0.39, 0.29) is 6.10 Å². The normalized spacial score (nSPS) is 12.9. The Labute approximate surface area is 143 Å². The number of unbranched alkanes of at least 4 members (excludes halogenated alkanes) is 1. The number of ether oxygens (including phenoxy) is 1. The van der Waals surface area contributed by atoms with Crippen molar-refractivity contribution in [3.63, 3.8) is 0 Å². The van der Waals surface area contributed by atoms with Gasteiger partial charge in [0.25, 0.3) is 0 Å². The van der Waals surface area contributed by atoms with Gasteiger partial charge in [-0.25, -0.2) is 9.97 Å². The first-order valence-electron chi connectivity index (χ1n) is 8.31. The molecule has 128 valence electrons. The average molecular weight is 337 g/mol. The zero-order chi connectivity index (χ0) is 16.8. The number of fused-ring (bicyclic) bond motifs is 1. The van der Waals surface area contributed by atoms with Crippen LogP contribution in [-0.4, -0.2) is 33.2 Å². The Hall–Kier alpha value is -1.27. The predicted octanol–water partition coefficient (Wildman–Crippen LogP) is 3.95. The van der Waals surface area contributed by atoms with Crippen molar-refractivity contribution >= 4 is 28.6 Å². The number of hydrogen-bond acceptors (Lipinski definition) is 5. The SMILES string of the molecule is CCCCSCCCn1c(C(C)OC)nc2c(N)ncc(C)c21. The van der Waals surface area contributed by atoms with Crippen LogP contribution < -0.4 is 5.73 Å². The molecule has 2 aromatic rings. The fourth-order valence-corrected chi connectivity index (χ4v) is 3.68. The van der Waals surface area contributed by atoms with Gasteiger partial charge in [-0.05, 0) is 43.8 Å². The molecule has 0 aromatic carbocycles. The lowest BCUT2D eigenvalue weighted by molar-refractivity contribution is 0.109. The van der Waals surface area contributed by atoms with E-state index in [0.717, 1.165) is 35.4 Å². The summed E-state index contributed by atoms with van der Waals surface area (Å²) in [7, 11) is 1.71. The third kappa shape index (κ3) is 4.18. The standard InChI is InChI=1S/C17H28N4OS/c1-5-6-9-23-10-7-8-21-15-12(2)11-19-16(18)14(15)20-17(21)13(3)22-4/h11,13H,5-10H2,1-4H3,(H2,18,19). The van der Waals surface area contributed by atoms with E-state index in [2.05, 4.69) is 23.4 Å². The molecule has 0 saturated carbocycles. The number of thioether (sulfide) groups is 1. The second kappa shape index (κ2) is 8.55. The molecular weight excluding hydrogens is 308 g/mol. The van der Waals surface area contributed by atoms with E-state index in [1.165, 1.54) is 24.3 Å². The first-order chi connectivity index (χ1) is 11.1. The maximum Gasteiger partial charge on any atom is 0.151 e. The Morgan fingerprint density at radius 2 is 2.09 bits per heavy atom. The van der Waals surface area contributed by atoms with Crippen molar-refractivity contribution in [1.29, 1.82) is 0 Å². The van der Waals surface area contributed by atoms with Gasteiger partial charge < -0.3 is 15.0 Å². The number of imidazole rings is 1. The summed E-state index contributed by atoms with van der Waals surface area (Å²) < 4.78 is 7.76. The molecular formula is C17H28N4OS. The molecule has 0 spiro atoms. The lowest BCUT2D eigenvalue weighted by atomic mass is 10.2. The Balaban J connectivity index is 2.23. The van der Waals surface area contributed by atoms with Crippen LogP contribution in [0.4, 0.5) is 5.82 Å². The van der Waals surface area contributed by atoms with Crippen molar-refractivity contribution in [2.45, 2.75) is 52.7 Å². The van der Waals surface area contributed by atoms with Crippen LogP contribution in [0.15, 0.2) is 6.20 Å². The molecule has 1 unspecified atom stereocenters. The Morgan fingerprint density at radius 3 is 2.78 bits per heavy atom. The van der Waals surface area contributed by atoms with Gasteiger partial charge in [-0.15, -0.1) is 0 Å². The number of nitrogen functional groups attached to an aromatic ring is 1. The van der Waals surface area contributed by atoms with Crippen LogP contribution in [0.1, 0.15) is 50.6 Å². The zero-order valence-electron chi connectivity index (χ0n) is 14.6. The molecule has 23 heavy (non-hydrogen) atoms. The molecule has 0 fully saturated rings. The first-order valence-corrected chi connectivity index (χ1v) is 9.47. The number of pyridine rings is 1. The van der Waals surface area contributed by atoms with Crippen LogP contribution in [0.3, 0.4) is 0 Å². The summed E-state index contributed by atoms with van der Waals surface area (Å²) in [4.78, 5) is 8.95. The second-order valence-electron chi connectivity index (χ2n) is 5.84. The number of hydrogen-bond donors (Lipinski definition) is 1. The molecule has 0 aliphatic rings. The summed E-state index contributed by atoms with van der Waals surface area (Å²) in [5.41, 5.74) is 9.02. The molecule has 1 atom stereocenters. The minimum absolute atomic E-state index is 0.0612. The van der Waals surface area contributed by atoms with Gasteiger partial charge in [0.05, 0.1) is 5.52 Å². The molecule has 0 radical (unpaired) electrons. The van der Waals surface area contributed by atoms with Crippen molar-refractivity contribution in [1.82, 2.24) is 14.5 Å². The van der Waals surface area contributed by atoms with Gasteiger partial charge in [0, 0.05) is 19.9 Å². The van der Waals surface area contributed by atoms with Gasteiger partial charge in [0.15, 0.2) is 5.82 Å². The summed E-state index contributed by atoms with van der Waals surface area (Å²) in [6, 6.07) is 0. The number of nitrogens with two attached hydrogens (primary N) is 1. The van der Waals surface area contributed by atoms with E-state index in [0.29, 0.717) is 5.82 Å². The van der Waals surface area contributed by atoms with E-state index in [1.54, 1.807) is 7.11 Å². The predicted molar refractivity (Wildman–Crippen MR) is 99.0 cm³/mol. The number of anilines is 1. The van der Waals surface area contributed by atoms with Crippen molar-refractivity contribution in [3.05, 3.63) is 17.6 Å². The Bertz CT molecular complexity index is 641. The van der Waals surface area contributed by atoms with Gasteiger partial charge in [-0.3, -0.25) is 0 Å². The summed E-state index contributed by atoms with van der Waals surface area (Å²) in [6.45, 7) is 7.25. The molecule has 0 saturated heterocycles. The van der Waals surface area contributed by atoms with Gasteiger partial charge >= 0.3 is 0 Å². The van der Waals surface area contributed by atoms with E-state index < -0.39 is 0 Å². The average Bonchev–Trinajstić information content (AvgIpc) is 2.94. The van der Waals surface area contributed by atoms with Crippen molar-refractivity contribution in [2.24, 2.45) is 0 Å².